The van der Waals surface area contributed by atoms with Gasteiger partial charge in [-0.25, -0.2) is 4.79 Å². The Bertz CT molecular complexity index is 686. The van der Waals surface area contributed by atoms with Gasteiger partial charge in [-0.05, 0) is 12.1 Å². The van der Waals surface area contributed by atoms with Crippen LogP contribution in [-0.2, 0) is 15.0 Å². The van der Waals surface area contributed by atoms with Gasteiger partial charge in [0.2, 0.25) is 5.91 Å². The summed E-state index contributed by atoms with van der Waals surface area (Å²) in [4.78, 5) is 23.5. The highest BCUT2D eigenvalue weighted by Gasteiger charge is 2.39. The van der Waals surface area contributed by atoms with Crippen LogP contribution in [0.25, 0.3) is 0 Å². The maximum atomic E-state index is 12.9. The number of aromatic carboxylic acids is 1. The molecule has 1 aliphatic heterocycles. The van der Waals surface area contributed by atoms with Crippen LogP contribution < -0.4 is 4.90 Å². The van der Waals surface area contributed by atoms with Gasteiger partial charge in [-0.15, -0.1) is 3.89 Å². The molecule has 9 heteroatoms. The van der Waals surface area contributed by atoms with E-state index in [0.717, 1.165) is 23.1 Å². The fraction of sp³-hybridized carbons (Fsp3) is 0.273. The summed E-state index contributed by atoms with van der Waals surface area (Å²) in [7, 11) is -4.85. The van der Waals surface area contributed by atoms with E-state index in [1.54, 1.807) is 0 Å². The molecule has 1 aliphatic rings. The zero-order chi connectivity index (χ0) is 15.1. The second-order valence-corrected chi connectivity index (χ2v) is 5.97. The molecule has 1 unspecified atom stereocenters. The van der Waals surface area contributed by atoms with Crippen molar-refractivity contribution in [2.45, 2.75) is 11.7 Å². The number of carbonyl (C=O) groups is 2. The minimum atomic E-state index is -4.85. The van der Waals surface area contributed by atoms with Crippen molar-refractivity contribution in [3.8, 4) is 5.75 Å². The average molecular weight is 303 g/mol. The number of hydrogen-bond acceptors (Lipinski definition) is 5. The SMILES string of the molecule is O=C(O)c1cc(O)cc(N2CC(S(=O)(=O)F)CC2=O)c1. The van der Waals surface area contributed by atoms with E-state index in [0.29, 0.717) is 0 Å². The fourth-order valence-electron chi connectivity index (χ4n) is 1.99. The molecule has 1 fully saturated rings. The van der Waals surface area contributed by atoms with Crippen molar-refractivity contribution >= 4 is 27.8 Å². The van der Waals surface area contributed by atoms with Crippen LogP contribution in [0.15, 0.2) is 18.2 Å². The highest BCUT2D eigenvalue weighted by molar-refractivity contribution is 7.87. The van der Waals surface area contributed by atoms with Gasteiger partial charge in [0.05, 0.1) is 5.56 Å². The first-order valence-electron chi connectivity index (χ1n) is 5.49. The minimum Gasteiger partial charge on any atom is -0.508 e. The van der Waals surface area contributed by atoms with Gasteiger partial charge in [0.1, 0.15) is 11.0 Å². The number of rotatable bonds is 3. The van der Waals surface area contributed by atoms with E-state index in [1.165, 1.54) is 0 Å². The van der Waals surface area contributed by atoms with Gasteiger partial charge in [-0.3, -0.25) is 4.79 Å². The Morgan fingerprint density at radius 3 is 2.50 bits per heavy atom. The Balaban J connectivity index is 2.38. The number of halogens is 1. The predicted molar refractivity (Wildman–Crippen MR) is 65.9 cm³/mol. The van der Waals surface area contributed by atoms with E-state index >= 15 is 0 Å². The third-order valence-electron chi connectivity index (χ3n) is 2.95. The van der Waals surface area contributed by atoms with Gasteiger partial charge in [-0.1, -0.05) is 0 Å². The molecule has 1 aromatic rings. The number of anilines is 1. The van der Waals surface area contributed by atoms with Gasteiger partial charge >= 0.3 is 16.2 Å². The summed E-state index contributed by atoms with van der Waals surface area (Å²) in [6.45, 7) is -0.416. The number of nitrogens with zero attached hydrogens (tertiary/aromatic N) is 1. The van der Waals surface area contributed by atoms with Gasteiger partial charge in [-0.2, -0.15) is 8.42 Å². The number of carboxylic acid groups (broad SMARTS) is 1. The Morgan fingerprint density at radius 1 is 1.35 bits per heavy atom. The molecule has 0 saturated carbocycles. The molecule has 7 nitrogen and oxygen atoms in total. The van der Waals surface area contributed by atoms with Gasteiger partial charge in [0.15, 0.2) is 0 Å². The standard InChI is InChI=1S/C11H10FNO6S/c12-20(18,19)9-4-10(15)13(5-9)7-1-6(11(16)17)2-8(14)3-7/h1-3,9,14H,4-5H2,(H,16,17). The van der Waals surface area contributed by atoms with Crippen molar-refractivity contribution in [2.75, 3.05) is 11.4 Å². The zero-order valence-electron chi connectivity index (χ0n) is 9.98. The molecule has 0 aromatic heterocycles. The van der Waals surface area contributed by atoms with Crippen molar-refractivity contribution in [2.24, 2.45) is 0 Å². The number of amides is 1. The molecule has 2 N–H and O–H groups in total. The van der Waals surface area contributed by atoms with E-state index in [-0.39, 0.29) is 17.0 Å². The lowest BCUT2D eigenvalue weighted by molar-refractivity contribution is -0.117. The maximum absolute atomic E-state index is 12.9. The summed E-state index contributed by atoms with van der Waals surface area (Å²) in [5.74, 6) is -2.36. The van der Waals surface area contributed by atoms with Gasteiger partial charge in [0, 0.05) is 24.7 Å². The number of benzene rings is 1. The van der Waals surface area contributed by atoms with E-state index in [2.05, 4.69) is 0 Å². The van der Waals surface area contributed by atoms with Crippen molar-refractivity contribution in [3.05, 3.63) is 23.8 Å². The molecular weight excluding hydrogens is 293 g/mol. The number of carbonyl (C=O) groups excluding carboxylic acids is 1. The van der Waals surface area contributed by atoms with Crippen molar-refractivity contribution in [1.82, 2.24) is 0 Å². The molecule has 0 radical (unpaired) electrons. The summed E-state index contributed by atoms with van der Waals surface area (Å²) in [5.41, 5.74) is -0.252. The lowest BCUT2D eigenvalue weighted by atomic mass is 10.2. The molecular formula is C11H10FNO6S. The molecule has 2 rings (SSSR count). The van der Waals surface area contributed by atoms with Crippen LogP contribution >= 0.6 is 0 Å². The molecule has 0 bridgehead atoms. The summed E-state index contributed by atoms with van der Waals surface area (Å²) in [5, 5.41) is 16.8. The second kappa shape index (κ2) is 4.75. The summed E-state index contributed by atoms with van der Waals surface area (Å²) >= 11 is 0. The van der Waals surface area contributed by atoms with Crippen molar-refractivity contribution in [3.63, 3.8) is 0 Å². The largest absolute Gasteiger partial charge is 0.508 e. The average Bonchev–Trinajstić information content (AvgIpc) is 2.70. The second-order valence-electron chi connectivity index (χ2n) is 4.35. The Kier molecular flexibility index (Phi) is 3.38. The molecule has 0 spiro atoms. The molecule has 108 valence electrons. The van der Waals surface area contributed by atoms with E-state index in [1.807, 2.05) is 0 Å². The summed E-state index contributed by atoms with van der Waals surface area (Å²) in [6, 6.07) is 3.19. The normalized spacial score (nSPS) is 19.4. The first-order valence-corrected chi connectivity index (χ1v) is 6.94. The zero-order valence-corrected chi connectivity index (χ0v) is 10.8. The molecule has 1 atom stereocenters. The van der Waals surface area contributed by atoms with Gasteiger partial charge < -0.3 is 15.1 Å². The molecule has 1 saturated heterocycles. The fourth-order valence-corrected chi connectivity index (χ4v) is 2.66. The van der Waals surface area contributed by atoms with Gasteiger partial charge in [0.25, 0.3) is 0 Å². The monoisotopic (exact) mass is 303 g/mol. The topological polar surface area (TPSA) is 112 Å². The summed E-state index contributed by atoms with van der Waals surface area (Å²) in [6.07, 6.45) is -0.517. The maximum Gasteiger partial charge on any atom is 0.335 e. The van der Waals surface area contributed by atoms with E-state index in [9.17, 15) is 27.0 Å². The smallest absolute Gasteiger partial charge is 0.335 e. The quantitative estimate of drug-likeness (QED) is 0.786. The molecule has 1 amide bonds. The third kappa shape index (κ3) is 2.72. The molecule has 0 aliphatic carbocycles. The van der Waals surface area contributed by atoms with Crippen LogP contribution in [0.1, 0.15) is 16.8 Å². The Hall–Kier alpha value is -2.16. The molecule has 20 heavy (non-hydrogen) atoms. The molecule has 1 aromatic carbocycles. The van der Waals surface area contributed by atoms with Crippen molar-refractivity contribution < 1.29 is 32.1 Å². The number of aromatic hydroxyl groups is 1. The first-order chi connectivity index (χ1) is 9.18. The Morgan fingerprint density at radius 2 is 2.00 bits per heavy atom. The van der Waals surface area contributed by atoms with Crippen LogP contribution in [0.4, 0.5) is 9.57 Å². The van der Waals surface area contributed by atoms with Crippen LogP contribution in [-0.4, -0.2) is 42.3 Å². The van der Waals surface area contributed by atoms with E-state index < -0.39 is 40.3 Å². The number of hydrogen-bond donors (Lipinski definition) is 2. The van der Waals surface area contributed by atoms with Crippen molar-refractivity contribution in [1.29, 1.82) is 0 Å². The Labute approximate surface area is 113 Å². The van der Waals surface area contributed by atoms with Crippen LogP contribution in [0, 0.1) is 0 Å². The first kappa shape index (κ1) is 14.3. The highest BCUT2D eigenvalue weighted by atomic mass is 32.3. The lowest BCUT2D eigenvalue weighted by Crippen LogP contribution is -2.27. The number of phenols is 1. The summed E-state index contributed by atoms with van der Waals surface area (Å²) < 4.78 is 34.5. The van der Waals surface area contributed by atoms with E-state index in [4.69, 9.17) is 5.11 Å². The highest BCUT2D eigenvalue weighted by Crippen LogP contribution is 2.29. The predicted octanol–water partition coefficient (Wildman–Crippen LogP) is 0.495. The minimum absolute atomic E-state index is 0.0125. The number of carboxylic acids is 1. The lowest BCUT2D eigenvalue weighted by Gasteiger charge is -2.17. The van der Waals surface area contributed by atoms with Crippen LogP contribution in [0.2, 0.25) is 0 Å². The number of phenolic OH excluding ortho intramolecular Hbond substituents is 1. The third-order valence-corrected chi connectivity index (χ3v) is 4.06. The van der Waals surface area contributed by atoms with Crippen LogP contribution in [0.5, 0.6) is 5.75 Å². The van der Waals surface area contributed by atoms with Crippen LogP contribution in [0.3, 0.4) is 0 Å². The molecule has 1 heterocycles.